The van der Waals surface area contributed by atoms with Gasteiger partial charge in [0.2, 0.25) is 0 Å². The van der Waals surface area contributed by atoms with Crippen LogP contribution in [0.4, 0.5) is 0 Å². The molecule has 0 radical (unpaired) electrons. The highest BCUT2D eigenvalue weighted by molar-refractivity contribution is 7.96. The average Bonchev–Trinajstić information content (AvgIpc) is 1.83. The molecule has 3 heteroatoms. The van der Waals surface area contributed by atoms with Crippen molar-refractivity contribution >= 4 is 24.7 Å². The van der Waals surface area contributed by atoms with Crippen molar-refractivity contribution in [1.29, 1.82) is 0 Å². The standard InChI is InChI=1S/C9H18OS2/c1-6-7-9(5,11)10-12-8(2,3)4/h6-7,11H,1-5H3. The van der Waals surface area contributed by atoms with Crippen LogP contribution >= 0.6 is 24.7 Å². The van der Waals surface area contributed by atoms with Gasteiger partial charge in [0.05, 0.1) is 0 Å². The van der Waals surface area contributed by atoms with Crippen LogP contribution in [-0.4, -0.2) is 9.68 Å². The summed E-state index contributed by atoms with van der Waals surface area (Å²) in [6, 6.07) is 0. The lowest BCUT2D eigenvalue weighted by Gasteiger charge is -2.24. The highest BCUT2D eigenvalue weighted by atomic mass is 32.2. The molecule has 72 valence electrons. The molecule has 0 saturated heterocycles. The van der Waals surface area contributed by atoms with Gasteiger partial charge < -0.3 is 0 Å². The van der Waals surface area contributed by atoms with Crippen LogP contribution in [0.1, 0.15) is 34.6 Å². The Balaban J connectivity index is 3.92. The predicted molar refractivity (Wildman–Crippen MR) is 60.6 cm³/mol. The van der Waals surface area contributed by atoms with Crippen molar-refractivity contribution in [3.8, 4) is 0 Å². The van der Waals surface area contributed by atoms with E-state index in [0.29, 0.717) is 0 Å². The Morgan fingerprint density at radius 3 is 2.08 bits per heavy atom. The van der Waals surface area contributed by atoms with Crippen molar-refractivity contribution in [1.82, 2.24) is 0 Å². The minimum absolute atomic E-state index is 0.117. The smallest absolute Gasteiger partial charge is 0.141 e. The number of thiol groups is 1. The highest BCUT2D eigenvalue weighted by Crippen LogP contribution is 2.32. The topological polar surface area (TPSA) is 9.23 Å². The number of allylic oxidation sites excluding steroid dienone is 1. The zero-order valence-corrected chi connectivity index (χ0v) is 10.1. The quantitative estimate of drug-likeness (QED) is 0.326. The van der Waals surface area contributed by atoms with Crippen molar-refractivity contribution in [2.75, 3.05) is 0 Å². The number of hydrogen-bond donors (Lipinski definition) is 1. The van der Waals surface area contributed by atoms with Crippen molar-refractivity contribution in [2.45, 2.75) is 44.3 Å². The molecule has 0 heterocycles. The van der Waals surface area contributed by atoms with Gasteiger partial charge in [0.15, 0.2) is 0 Å². The van der Waals surface area contributed by atoms with Gasteiger partial charge in [-0.25, -0.2) is 0 Å². The van der Waals surface area contributed by atoms with Crippen molar-refractivity contribution in [3.63, 3.8) is 0 Å². The first-order chi connectivity index (χ1) is 5.27. The Hall–Kier alpha value is 0.400. The molecule has 0 aliphatic rings. The summed E-state index contributed by atoms with van der Waals surface area (Å²) < 4.78 is 5.65. The van der Waals surface area contributed by atoms with Crippen LogP contribution in [0.5, 0.6) is 0 Å². The number of rotatable bonds is 3. The summed E-state index contributed by atoms with van der Waals surface area (Å²) in [7, 11) is 0. The average molecular weight is 206 g/mol. The van der Waals surface area contributed by atoms with E-state index in [1.165, 1.54) is 12.0 Å². The molecule has 1 unspecified atom stereocenters. The zero-order valence-electron chi connectivity index (χ0n) is 8.42. The van der Waals surface area contributed by atoms with Crippen LogP contribution in [0.2, 0.25) is 0 Å². The minimum Gasteiger partial charge on any atom is -0.294 e. The molecule has 0 aromatic carbocycles. The molecule has 0 rings (SSSR count). The Morgan fingerprint density at radius 2 is 1.75 bits per heavy atom. The van der Waals surface area contributed by atoms with Crippen LogP contribution in [0, 0.1) is 0 Å². The van der Waals surface area contributed by atoms with Crippen molar-refractivity contribution < 1.29 is 4.18 Å². The summed E-state index contributed by atoms with van der Waals surface area (Å²) in [5, 5.41) is 0. The molecule has 0 aliphatic heterocycles. The molecule has 0 fully saturated rings. The summed E-state index contributed by atoms with van der Waals surface area (Å²) in [5.74, 6) is 0. The fourth-order valence-corrected chi connectivity index (χ4v) is 1.28. The fourth-order valence-electron chi connectivity index (χ4n) is 0.546. The Morgan fingerprint density at radius 1 is 1.25 bits per heavy atom. The van der Waals surface area contributed by atoms with Gasteiger partial charge in [-0.15, -0.1) is 12.6 Å². The molecule has 0 amide bonds. The van der Waals surface area contributed by atoms with E-state index in [1.54, 1.807) is 0 Å². The van der Waals surface area contributed by atoms with E-state index in [1.807, 2.05) is 26.0 Å². The van der Waals surface area contributed by atoms with Crippen LogP contribution in [0.15, 0.2) is 12.2 Å². The van der Waals surface area contributed by atoms with Crippen molar-refractivity contribution in [3.05, 3.63) is 12.2 Å². The molecular formula is C9H18OS2. The first-order valence-electron chi connectivity index (χ1n) is 4.00. The molecule has 0 aromatic heterocycles. The van der Waals surface area contributed by atoms with Gasteiger partial charge in [-0.3, -0.25) is 4.18 Å². The molecule has 0 aromatic rings. The molecule has 0 aliphatic carbocycles. The van der Waals surface area contributed by atoms with Gasteiger partial charge in [0, 0.05) is 4.75 Å². The molecule has 0 N–H and O–H groups in total. The molecule has 0 saturated carbocycles. The predicted octanol–water partition coefficient (Wildman–Crippen LogP) is 3.67. The van der Waals surface area contributed by atoms with Gasteiger partial charge in [0.25, 0.3) is 0 Å². The third-order valence-electron chi connectivity index (χ3n) is 0.936. The summed E-state index contributed by atoms with van der Waals surface area (Å²) in [5.41, 5.74) is 0. The van der Waals surface area contributed by atoms with Crippen LogP contribution in [-0.2, 0) is 4.18 Å². The Bertz CT molecular complexity index is 156. The van der Waals surface area contributed by atoms with Crippen LogP contribution < -0.4 is 0 Å². The van der Waals surface area contributed by atoms with Gasteiger partial charge >= 0.3 is 0 Å². The maximum absolute atomic E-state index is 5.53. The lowest BCUT2D eigenvalue weighted by atomic mass is 10.3. The summed E-state index contributed by atoms with van der Waals surface area (Å²) in [6.07, 6.45) is 3.87. The largest absolute Gasteiger partial charge is 0.294 e. The second-order valence-corrected chi connectivity index (χ2v) is 6.28. The maximum Gasteiger partial charge on any atom is 0.141 e. The summed E-state index contributed by atoms with van der Waals surface area (Å²) in [6.45, 7) is 10.2. The summed E-state index contributed by atoms with van der Waals surface area (Å²) >= 11 is 5.80. The SMILES string of the molecule is CC=CC(C)(S)OSC(C)(C)C. The molecule has 1 atom stereocenters. The van der Waals surface area contributed by atoms with E-state index < -0.39 is 4.93 Å². The first-order valence-corrected chi connectivity index (χ1v) is 5.19. The fraction of sp³-hybridized carbons (Fsp3) is 0.778. The van der Waals surface area contributed by atoms with Gasteiger partial charge in [-0.05, 0) is 52.7 Å². The monoisotopic (exact) mass is 206 g/mol. The van der Waals surface area contributed by atoms with Gasteiger partial charge in [-0.1, -0.05) is 6.08 Å². The minimum atomic E-state index is -0.466. The third kappa shape index (κ3) is 7.07. The molecule has 0 bridgehead atoms. The molecule has 12 heavy (non-hydrogen) atoms. The third-order valence-corrected chi connectivity index (χ3v) is 2.23. The second-order valence-electron chi connectivity index (χ2n) is 3.83. The normalized spacial score (nSPS) is 18.2. The highest BCUT2D eigenvalue weighted by Gasteiger charge is 2.20. The van der Waals surface area contributed by atoms with E-state index in [9.17, 15) is 0 Å². The zero-order chi connectivity index (χ0) is 9.83. The molecule has 0 spiro atoms. The van der Waals surface area contributed by atoms with E-state index in [-0.39, 0.29) is 4.75 Å². The first kappa shape index (κ1) is 12.4. The van der Waals surface area contributed by atoms with Crippen LogP contribution in [0.25, 0.3) is 0 Å². The molecular weight excluding hydrogens is 188 g/mol. The van der Waals surface area contributed by atoms with E-state index >= 15 is 0 Å². The van der Waals surface area contributed by atoms with Gasteiger partial charge in [-0.2, -0.15) is 0 Å². The van der Waals surface area contributed by atoms with E-state index in [2.05, 4.69) is 33.4 Å². The Labute approximate surface area is 85.6 Å². The van der Waals surface area contributed by atoms with Crippen molar-refractivity contribution in [2.24, 2.45) is 0 Å². The molecule has 1 nitrogen and oxygen atoms in total. The maximum atomic E-state index is 5.53. The van der Waals surface area contributed by atoms with Crippen LogP contribution in [0.3, 0.4) is 0 Å². The second kappa shape index (κ2) is 4.58. The van der Waals surface area contributed by atoms with E-state index in [4.69, 9.17) is 4.18 Å². The number of hydrogen-bond acceptors (Lipinski definition) is 3. The lowest BCUT2D eigenvalue weighted by molar-refractivity contribution is 0.280. The van der Waals surface area contributed by atoms with E-state index in [0.717, 1.165) is 0 Å². The Kier molecular flexibility index (Phi) is 4.74. The van der Waals surface area contributed by atoms with Gasteiger partial charge in [0.1, 0.15) is 4.93 Å². The lowest BCUT2D eigenvalue weighted by Crippen LogP contribution is -2.18. The summed E-state index contributed by atoms with van der Waals surface area (Å²) in [4.78, 5) is -0.466.